The van der Waals surface area contributed by atoms with Crippen LogP contribution in [0.15, 0.2) is 36.4 Å². The molecule has 1 aromatic rings. The van der Waals surface area contributed by atoms with Gasteiger partial charge in [0.1, 0.15) is 0 Å². The molecule has 19 heavy (non-hydrogen) atoms. The number of carbonyl (C=O) groups excluding carboxylic acids is 1. The zero-order valence-electron chi connectivity index (χ0n) is 11.2. The third-order valence-corrected chi connectivity index (χ3v) is 3.04. The molecule has 0 radical (unpaired) electrons. The molecular formula is C15H20N2O2. The minimum atomic E-state index is -0.0997. The number of fused-ring (bicyclic) bond motifs is 1. The normalized spacial score (nSPS) is 16.6. The molecule has 4 nitrogen and oxygen atoms in total. The fraction of sp³-hybridized carbons (Fsp3) is 0.400. The second-order valence-electron chi connectivity index (χ2n) is 4.82. The fourth-order valence-corrected chi connectivity index (χ4v) is 2.13. The highest BCUT2D eigenvalue weighted by Gasteiger charge is 2.27. The Morgan fingerprint density at radius 2 is 2.32 bits per heavy atom. The summed E-state index contributed by atoms with van der Waals surface area (Å²) in [5.41, 5.74) is 3.12. The Hall–Kier alpha value is -1.81. The number of hydrogen-bond acceptors (Lipinski definition) is 3. The highest BCUT2D eigenvalue weighted by molar-refractivity contribution is 5.88. The van der Waals surface area contributed by atoms with E-state index in [1.54, 1.807) is 0 Å². The van der Waals surface area contributed by atoms with Gasteiger partial charge in [0.2, 0.25) is 5.91 Å². The van der Waals surface area contributed by atoms with Crippen LogP contribution in [-0.4, -0.2) is 32.2 Å². The highest BCUT2D eigenvalue weighted by atomic mass is 16.5. The molecule has 1 aromatic carbocycles. The molecule has 1 aliphatic rings. The summed E-state index contributed by atoms with van der Waals surface area (Å²) >= 11 is 0. The first-order valence-electron chi connectivity index (χ1n) is 6.51. The highest BCUT2D eigenvalue weighted by Crippen LogP contribution is 2.30. The summed E-state index contributed by atoms with van der Waals surface area (Å²) in [6, 6.07) is 7.93. The number of nitrogens with one attached hydrogen (secondary N) is 2. The van der Waals surface area contributed by atoms with E-state index < -0.39 is 0 Å². The lowest BCUT2D eigenvalue weighted by molar-refractivity contribution is -0.122. The molecule has 1 atom stereocenters. The molecular weight excluding hydrogens is 240 g/mol. The van der Waals surface area contributed by atoms with E-state index in [9.17, 15) is 4.79 Å². The fourth-order valence-electron chi connectivity index (χ4n) is 2.13. The Labute approximate surface area is 113 Å². The maximum Gasteiger partial charge on any atom is 0.229 e. The summed E-state index contributed by atoms with van der Waals surface area (Å²) in [5, 5.41) is 6.15. The third-order valence-electron chi connectivity index (χ3n) is 3.04. The lowest BCUT2D eigenvalue weighted by Gasteiger charge is -2.11. The van der Waals surface area contributed by atoms with Gasteiger partial charge in [-0.2, -0.15) is 0 Å². The predicted molar refractivity (Wildman–Crippen MR) is 76.3 cm³/mol. The number of rotatable bonds is 6. The maximum atomic E-state index is 12.1. The number of anilines is 1. The second kappa shape index (κ2) is 6.38. The van der Waals surface area contributed by atoms with Gasteiger partial charge in [-0.15, -0.1) is 0 Å². The van der Waals surface area contributed by atoms with E-state index in [0.29, 0.717) is 26.3 Å². The minimum Gasteiger partial charge on any atom is -0.384 e. The molecule has 0 aliphatic carbocycles. The Balaban J connectivity index is 1.77. The summed E-state index contributed by atoms with van der Waals surface area (Å²) in [5.74, 6) is -0.0475. The number of ether oxygens (including phenoxy) is 1. The number of hydrogen-bond donors (Lipinski definition) is 2. The molecule has 2 N–H and O–H groups in total. The summed E-state index contributed by atoms with van der Waals surface area (Å²) in [4.78, 5) is 12.1. The first-order chi connectivity index (χ1) is 9.18. The SMILES string of the molecule is C=C(C)COCCNC(=O)C1CNc2ccccc21. The summed E-state index contributed by atoms with van der Waals surface area (Å²) in [6.07, 6.45) is 0. The van der Waals surface area contributed by atoms with Crippen molar-refractivity contribution in [2.24, 2.45) is 0 Å². The van der Waals surface area contributed by atoms with Gasteiger partial charge in [-0.1, -0.05) is 30.4 Å². The molecule has 1 unspecified atom stereocenters. The van der Waals surface area contributed by atoms with Crippen molar-refractivity contribution in [3.05, 3.63) is 42.0 Å². The topological polar surface area (TPSA) is 50.4 Å². The van der Waals surface area contributed by atoms with E-state index in [1.807, 2.05) is 31.2 Å². The quantitative estimate of drug-likeness (QED) is 0.607. The van der Waals surface area contributed by atoms with Crippen molar-refractivity contribution >= 4 is 11.6 Å². The van der Waals surface area contributed by atoms with E-state index in [1.165, 1.54) is 0 Å². The van der Waals surface area contributed by atoms with E-state index >= 15 is 0 Å². The first kappa shape index (κ1) is 13.6. The van der Waals surface area contributed by atoms with Crippen molar-refractivity contribution in [2.75, 3.05) is 31.6 Å². The minimum absolute atomic E-state index is 0.0522. The molecule has 0 spiro atoms. The van der Waals surface area contributed by atoms with Crippen molar-refractivity contribution in [3.8, 4) is 0 Å². The lowest BCUT2D eigenvalue weighted by Crippen LogP contribution is -2.33. The molecule has 4 heteroatoms. The average Bonchev–Trinajstić information content (AvgIpc) is 2.81. The molecule has 102 valence electrons. The first-order valence-corrected chi connectivity index (χ1v) is 6.51. The van der Waals surface area contributed by atoms with Gasteiger partial charge in [-0.05, 0) is 18.6 Å². The van der Waals surface area contributed by atoms with Crippen LogP contribution in [0.5, 0.6) is 0 Å². The van der Waals surface area contributed by atoms with Crippen molar-refractivity contribution in [3.63, 3.8) is 0 Å². The molecule has 1 aliphatic heterocycles. The molecule has 2 rings (SSSR count). The predicted octanol–water partition coefficient (Wildman–Crippen LogP) is 1.90. The van der Waals surface area contributed by atoms with Gasteiger partial charge in [0.05, 0.1) is 19.1 Å². The van der Waals surface area contributed by atoms with Crippen LogP contribution in [0.4, 0.5) is 5.69 Å². The maximum absolute atomic E-state index is 12.1. The van der Waals surface area contributed by atoms with Gasteiger partial charge in [0.15, 0.2) is 0 Å². The molecule has 0 bridgehead atoms. The van der Waals surface area contributed by atoms with Gasteiger partial charge >= 0.3 is 0 Å². The van der Waals surface area contributed by atoms with Gasteiger partial charge in [-0.25, -0.2) is 0 Å². The van der Waals surface area contributed by atoms with Crippen molar-refractivity contribution < 1.29 is 9.53 Å². The Bertz CT molecular complexity index is 471. The Morgan fingerprint density at radius 3 is 3.11 bits per heavy atom. The van der Waals surface area contributed by atoms with Gasteiger partial charge < -0.3 is 15.4 Å². The Morgan fingerprint density at radius 1 is 1.53 bits per heavy atom. The largest absolute Gasteiger partial charge is 0.384 e. The number of amides is 1. The van der Waals surface area contributed by atoms with Gasteiger partial charge in [-0.3, -0.25) is 4.79 Å². The average molecular weight is 260 g/mol. The zero-order valence-corrected chi connectivity index (χ0v) is 11.2. The number of para-hydroxylation sites is 1. The molecule has 0 saturated heterocycles. The molecule has 0 saturated carbocycles. The van der Waals surface area contributed by atoms with Crippen LogP contribution in [0.2, 0.25) is 0 Å². The van der Waals surface area contributed by atoms with Crippen LogP contribution in [0, 0.1) is 0 Å². The third kappa shape index (κ3) is 3.58. The van der Waals surface area contributed by atoms with Crippen LogP contribution in [-0.2, 0) is 9.53 Å². The number of carbonyl (C=O) groups is 1. The van der Waals surface area contributed by atoms with Crippen LogP contribution in [0.3, 0.4) is 0 Å². The second-order valence-corrected chi connectivity index (χ2v) is 4.82. The summed E-state index contributed by atoms with van der Waals surface area (Å²) < 4.78 is 5.35. The van der Waals surface area contributed by atoms with E-state index in [2.05, 4.69) is 17.2 Å². The van der Waals surface area contributed by atoms with Crippen molar-refractivity contribution in [2.45, 2.75) is 12.8 Å². The molecule has 0 aromatic heterocycles. The van der Waals surface area contributed by atoms with Crippen LogP contribution >= 0.6 is 0 Å². The standard InChI is InChI=1S/C15H20N2O2/c1-11(2)10-19-8-7-16-15(18)13-9-17-14-6-4-3-5-12(13)14/h3-6,13,17H,1,7-10H2,2H3,(H,16,18). The van der Waals surface area contributed by atoms with Crippen LogP contribution in [0.25, 0.3) is 0 Å². The summed E-state index contributed by atoms with van der Waals surface area (Å²) in [7, 11) is 0. The van der Waals surface area contributed by atoms with Crippen LogP contribution < -0.4 is 10.6 Å². The summed E-state index contributed by atoms with van der Waals surface area (Å²) in [6.45, 7) is 7.93. The van der Waals surface area contributed by atoms with Crippen molar-refractivity contribution in [1.82, 2.24) is 5.32 Å². The van der Waals surface area contributed by atoms with Crippen molar-refractivity contribution in [1.29, 1.82) is 0 Å². The molecule has 0 fully saturated rings. The van der Waals surface area contributed by atoms with Crippen LogP contribution in [0.1, 0.15) is 18.4 Å². The monoisotopic (exact) mass is 260 g/mol. The molecule has 1 heterocycles. The zero-order chi connectivity index (χ0) is 13.7. The van der Waals surface area contributed by atoms with E-state index in [-0.39, 0.29) is 11.8 Å². The smallest absolute Gasteiger partial charge is 0.229 e. The van der Waals surface area contributed by atoms with Gasteiger partial charge in [0.25, 0.3) is 0 Å². The van der Waals surface area contributed by atoms with E-state index in [0.717, 1.165) is 16.8 Å². The lowest BCUT2D eigenvalue weighted by atomic mass is 10.0. The van der Waals surface area contributed by atoms with Gasteiger partial charge in [0, 0.05) is 18.8 Å². The molecule has 1 amide bonds. The Kier molecular flexibility index (Phi) is 4.58. The number of benzene rings is 1. The van der Waals surface area contributed by atoms with E-state index in [4.69, 9.17) is 4.74 Å².